The van der Waals surface area contributed by atoms with Crippen molar-refractivity contribution < 1.29 is 9.53 Å². The van der Waals surface area contributed by atoms with E-state index in [1.54, 1.807) is 12.1 Å². The predicted molar refractivity (Wildman–Crippen MR) is 114 cm³/mol. The zero-order valence-electron chi connectivity index (χ0n) is 14.7. The summed E-state index contributed by atoms with van der Waals surface area (Å²) in [6, 6.07) is 13.6. The summed E-state index contributed by atoms with van der Waals surface area (Å²) >= 11 is 19.8. The first-order valence-electron chi connectivity index (χ1n) is 8.71. The monoisotopic (exact) mass is 443 g/mol. The van der Waals surface area contributed by atoms with Crippen LogP contribution in [0.25, 0.3) is 0 Å². The minimum Gasteiger partial charge on any atom is -0.489 e. The average Bonchev–Trinajstić information content (AvgIpc) is 2.67. The normalized spacial score (nSPS) is 17.7. The summed E-state index contributed by atoms with van der Waals surface area (Å²) in [5.41, 5.74) is 2.04. The Hall–Kier alpha value is -0.910. The molecule has 0 amide bonds. The van der Waals surface area contributed by atoms with Crippen LogP contribution in [0.2, 0.25) is 10.0 Å². The van der Waals surface area contributed by atoms with E-state index in [1.807, 2.05) is 30.0 Å². The molecule has 0 bridgehead atoms. The van der Waals surface area contributed by atoms with Crippen molar-refractivity contribution in [3.8, 4) is 5.75 Å². The fourth-order valence-electron chi connectivity index (χ4n) is 2.96. The lowest BCUT2D eigenvalue weighted by molar-refractivity contribution is -0.112. The summed E-state index contributed by atoms with van der Waals surface area (Å²) in [6.07, 6.45) is 0.399. The second-order valence-electron chi connectivity index (χ2n) is 6.32. The molecule has 2 aromatic rings. The lowest BCUT2D eigenvalue weighted by atomic mass is 10.1. The number of benzene rings is 2. The SMILES string of the molecule is O=C(Cl)CCN1CCSC(c2ccc(OCc3c(Cl)cccc3Cl)cc2)C1. The fourth-order valence-corrected chi connectivity index (χ4v) is 4.86. The number of carbonyl (C=O) groups excluding carboxylic acids is 1. The van der Waals surface area contributed by atoms with Crippen LogP contribution in [0.15, 0.2) is 42.5 Å². The van der Waals surface area contributed by atoms with Crippen molar-refractivity contribution in [3.05, 3.63) is 63.6 Å². The van der Waals surface area contributed by atoms with E-state index in [2.05, 4.69) is 17.0 Å². The highest BCUT2D eigenvalue weighted by molar-refractivity contribution is 7.99. The van der Waals surface area contributed by atoms with Crippen molar-refractivity contribution in [1.29, 1.82) is 0 Å². The molecule has 0 aliphatic carbocycles. The Labute approximate surface area is 178 Å². The van der Waals surface area contributed by atoms with Crippen LogP contribution < -0.4 is 4.74 Å². The van der Waals surface area contributed by atoms with Crippen LogP contribution in [-0.2, 0) is 11.4 Å². The number of hydrogen-bond donors (Lipinski definition) is 0. The minimum absolute atomic E-state index is 0.273. The predicted octanol–water partition coefficient (Wildman–Crippen LogP) is 5.82. The van der Waals surface area contributed by atoms with Gasteiger partial charge >= 0.3 is 0 Å². The smallest absolute Gasteiger partial charge is 0.222 e. The Morgan fingerprint density at radius 1 is 1.15 bits per heavy atom. The van der Waals surface area contributed by atoms with Crippen LogP contribution in [0.5, 0.6) is 5.75 Å². The third kappa shape index (κ3) is 6.03. The van der Waals surface area contributed by atoms with Crippen LogP contribution in [0.3, 0.4) is 0 Å². The van der Waals surface area contributed by atoms with Gasteiger partial charge in [0.1, 0.15) is 12.4 Å². The maximum absolute atomic E-state index is 11.0. The van der Waals surface area contributed by atoms with Gasteiger partial charge in [0.25, 0.3) is 0 Å². The van der Waals surface area contributed by atoms with E-state index in [9.17, 15) is 4.79 Å². The van der Waals surface area contributed by atoms with Crippen molar-refractivity contribution in [2.24, 2.45) is 0 Å². The highest BCUT2D eigenvalue weighted by Crippen LogP contribution is 2.34. The second kappa shape index (κ2) is 10.0. The molecule has 7 heteroatoms. The first-order valence-corrected chi connectivity index (χ1v) is 10.9. The van der Waals surface area contributed by atoms with Crippen LogP contribution >= 0.6 is 46.6 Å². The number of nitrogens with zero attached hydrogens (tertiary/aromatic N) is 1. The molecular formula is C20H20Cl3NO2S. The van der Waals surface area contributed by atoms with Crippen molar-refractivity contribution in [2.75, 3.05) is 25.4 Å². The third-order valence-corrected chi connectivity index (χ3v) is 6.61. The van der Waals surface area contributed by atoms with Crippen LogP contribution in [0.4, 0.5) is 0 Å². The largest absolute Gasteiger partial charge is 0.489 e. The number of halogens is 3. The first kappa shape index (κ1) is 20.8. The highest BCUT2D eigenvalue weighted by atomic mass is 35.5. The van der Waals surface area contributed by atoms with Crippen molar-refractivity contribution in [1.82, 2.24) is 4.90 Å². The molecule has 0 N–H and O–H groups in total. The Morgan fingerprint density at radius 3 is 2.52 bits per heavy atom. The maximum Gasteiger partial charge on any atom is 0.222 e. The maximum atomic E-state index is 11.0. The molecule has 3 nitrogen and oxygen atoms in total. The Morgan fingerprint density at radius 2 is 1.85 bits per heavy atom. The number of thioether (sulfide) groups is 1. The zero-order valence-corrected chi connectivity index (χ0v) is 17.8. The van der Waals surface area contributed by atoms with Gasteiger partial charge in [-0.1, -0.05) is 41.4 Å². The van der Waals surface area contributed by atoms with Crippen LogP contribution in [0, 0.1) is 0 Å². The molecule has 1 atom stereocenters. The van der Waals surface area contributed by atoms with E-state index in [0.717, 1.165) is 36.7 Å². The summed E-state index contributed by atoms with van der Waals surface area (Å²) in [5, 5.41) is 1.32. The lowest BCUT2D eigenvalue weighted by Crippen LogP contribution is -2.35. The quantitative estimate of drug-likeness (QED) is 0.503. The van der Waals surface area contributed by atoms with Gasteiger partial charge in [0.2, 0.25) is 5.24 Å². The molecule has 1 aliphatic heterocycles. The molecule has 0 saturated carbocycles. The molecule has 3 rings (SSSR count). The van der Waals surface area contributed by atoms with Gasteiger partial charge < -0.3 is 9.64 Å². The Balaban J connectivity index is 1.57. The molecule has 1 unspecified atom stereocenters. The van der Waals surface area contributed by atoms with E-state index in [1.165, 1.54) is 5.56 Å². The van der Waals surface area contributed by atoms with Crippen LogP contribution in [-0.4, -0.2) is 35.5 Å². The number of hydrogen-bond acceptors (Lipinski definition) is 4. The summed E-state index contributed by atoms with van der Waals surface area (Å²) in [4.78, 5) is 13.3. The summed E-state index contributed by atoms with van der Waals surface area (Å²) in [6.45, 7) is 2.96. The minimum atomic E-state index is -0.273. The molecule has 1 saturated heterocycles. The van der Waals surface area contributed by atoms with Gasteiger partial charge in [0.15, 0.2) is 0 Å². The highest BCUT2D eigenvalue weighted by Gasteiger charge is 2.22. The molecule has 0 aromatic heterocycles. The van der Waals surface area contributed by atoms with Gasteiger partial charge in [-0.05, 0) is 41.4 Å². The van der Waals surface area contributed by atoms with Crippen molar-refractivity contribution in [2.45, 2.75) is 18.3 Å². The molecule has 27 heavy (non-hydrogen) atoms. The van der Waals surface area contributed by atoms with Crippen molar-refractivity contribution >= 4 is 51.8 Å². The van der Waals surface area contributed by atoms with Gasteiger partial charge in [-0.15, -0.1) is 0 Å². The van der Waals surface area contributed by atoms with Crippen molar-refractivity contribution in [3.63, 3.8) is 0 Å². The van der Waals surface area contributed by atoms with Gasteiger partial charge in [0, 0.05) is 52.7 Å². The topological polar surface area (TPSA) is 29.5 Å². The van der Waals surface area contributed by atoms with E-state index in [-0.39, 0.29) is 5.24 Å². The summed E-state index contributed by atoms with van der Waals surface area (Å²) < 4.78 is 5.84. The molecule has 1 aliphatic rings. The molecular weight excluding hydrogens is 425 g/mol. The Bertz CT molecular complexity index is 765. The van der Waals surface area contributed by atoms with Gasteiger partial charge in [-0.3, -0.25) is 4.79 Å². The average molecular weight is 445 g/mol. The number of ether oxygens (including phenoxy) is 1. The second-order valence-corrected chi connectivity index (χ2v) is 8.87. The first-order chi connectivity index (χ1) is 13.0. The summed E-state index contributed by atoms with van der Waals surface area (Å²) in [7, 11) is 0. The Kier molecular flexibility index (Phi) is 7.74. The molecule has 144 valence electrons. The van der Waals surface area contributed by atoms with Gasteiger partial charge in [-0.25, -0.2) is 0 Å². The van der Waals surface area contributed by atoms with E-state index in [0.29, 0.717) is 28.3 Å². The fraction of sp³-hybridized carbons (Fsp3) is 0.350. The van der Waals surface area contributed by atoms with E-state index >= 15 is 0 Å². The molecule has 0 spiro atoms. The molecule has 1 fully saturated rings. The number of carbonyl (C=O) groups is 1. The molecule has 1 heterocycles. The zero-order chi connectivity index (χ0) is 19.2. The van der Waals surface area contributed by atoms with Gasteiger partial charge in [0.05, 0.1) is 0 Å². The third-order valence-electron chi connectivity index (χ3n) is 4.47. The van der Waals surface area contributed by atoms with Gasteiger partial charge in [-0.2, -0.15) is 11.8 Å². The molecule has 0 radical (unpaired) electrons. The van der Waals surface area contributed by atoms with E-state index < -0.39 is 0 Å². The lowest BCUT2D eigenvalue weighted by Gasteiger charge is -2.32. The number of rotatable bonds is 7. The van der Waals surface area contributed by atoms with Crippen LogP contribution in [0.1, 0.15) is 22.8 Å². The molecule has 2 aromatic carbocycles. The van der Waals surface area contributed by atoms with E-state index in [4.69, 9.17) is 39.5 Å². The standard InChI is InChI=1S/C20H20Cl3NO2S/c21-17-2-1-3-18(22)16(17)13-26-15-6-4-14(5-7-15)19-12-24(10-11-27-19)9-8-20(23)25/h1-7,19H,8-13H2. The summed E-state index contributed by atoms with van der Waals surface area (Å²) in [5.74, 6) is 1.82.